The highest BCUT2D eigenvalue weighted by Crippen LogP contribution is 2.42. The first kappa shape index (κ1) is 15.4. The maximum atomic E-state index is 11.4. The van der Waals surface area contributed by atoms with Crippen molar-refractivity contribution in [3.63, 3.8) is 0 Å². The quantitative estimate of drug-likeness (QED) is 0.891. The minimum atomic E-state index is -1.08. The summed E-state index contributed by atoms with van der Waals surface area (Å²) in [6.45, 7) is 2.14. The summed E-state index contributed by atoms with van der Waals surface area (Å²) < 4.78 is 1.79. The van der Waals surface area contributed by atoms with Crippen LogP contribution in [0.3, 0.4) is 0 Å². The molecule has 1 unspecified atom stereocenters. The molecule has 1 fully saturated rings. The number of carbonyl (C=O) groups is 1. The van der Waals surface area contributed by atoms with Crippen molar-refractivity contribution in [2.24, 2.45) is 5.92 Å². The molecule has 0 bridgehead atoms. The van der Waals surface area contributed by atoms with E-state index in [2.05, 4.69) is 18.0 Å². The van der Waals surface area contributed by atoms with Crippen LogP contribution in [0.5, 0.6) is 0 Å². The molecule has 4 rings (SSSR count). The molecule has 0 amide bonds. The monoisotopic (exact) mass is 343 g/mol. The van der Waals surface area contributed by atoms with Crippen molar-refractivity contribution < 1.29 is 9.90 Å². The number of halogens is 1. The number of aromatic carboxylic acids is 1. The smallest absolute Gasteiger partial charge is 0.354 e. The summed E-state index contributed by atoms with van der Waals surface area (Å²) in [5, 5.41) is 15.3. The normalized spacial score (nSPS) is 20.9. The Morgan fingerprint density at radius 2 is 2.21 bits per heavy atom. The van der Waals surface area contributed by atoms with E-state index in [0.717, 1.165) is 36.0 Å². The van der Waals surface area contributed by atoms with Crippen LogP contribution in [0.4, 0.5) is 0 Å². The van der Waals surface area contributed by atoms with E-state index in [9.17, 15) is 9.90 Å². The zero-order chi connectivity index (χ0) is 16.8. The van der Waals surface area contributed by atoms with E-state index in [1.54, 1.807) is 4.68 Å². The molecule has 2 aromatic heterocycles. The Labute approximate surface area is 144 Å². The van der Waals surface area contributed by atoms with Crippen molar-refractivity contribution in [3.8, 4) is 0 Å². The molecule has 2 aliphatic rings. The van der Waals surface area contributed by atoms with Gasteiger partial charge in [-0.1, -0.05) is 37.1 Å². The molecule has 6 heteroatoms. The fraction of sp³-hybridized carbons (Fsp3) is 0.389. The Bertz CT molecular complexity index is 893. The summed E-state index contributed by atoms with van der Waals surface area (Å²) in [5.41, 5.74) is 2.48. The van der Waals surface area contributed by atoms with Crippen LogP contribution in [-0.2, 0) is 0 Å². The number of hydrogen-bond acceptors (Lipinski definition) is 3. The van der Waals surface area contributed by atoms with Crippen LogP contribution in [0.15, 0.2) is 24.3 Å². The van der Waals surface area contributed by atoms with Crippen LogP contribution < -0.4 is 0 Å². The summed E-state index contributed by atoms with van der Waals surface area (Å²) in [7, 11) is 0. The molecule has 2 aliphatic carbocycles. The summed E-state index contributed by atoms with van der Waals surface area (Å²) in [5.74, 6) is -0.280. The summed E-state index contributed by atoms with van der Waals surface area (Å²) in [6.07, 6.45) is 10.4. The highest BCUT2D eigenvalue weighted by Gasteiger charge is 2.29. The van der Waals surface area contributed by atoms with Gasteiger partial charge < -0.3 is 5.11 Å². The Kier molecular flexibility index (Phi) is 3.68. The van der Waals surface area contributed by atoms with Gasteiger partial charge in [-0.25, -0.2) is 14.5 Å². The van der Waals surface area contributed by atoms with Crippen molar-refractivity contribution >= 4 is 34.3 Å². The van der Waals surface area contributed by atoms with E-state index in [1.807, 2.05) is 12.2 Å². The van der Waals surface area contributed by atoms with Crippen LogP contribution in [0.2, 0.25) is 5.02 Å². The minimum Gasteiger partial charge on any atom is -0.477 e. The largest absolute Gasteiger partial charge is 0.477 e. The molecular formula is C18H18ClN3O2. The third-order valence-corrected chi connectivity index (χ3v) is 5.16. The number of nitrogens with zero attached hydrogens (tertiary/aromatic N) is 3. The van der Waals surface area contributed by atoms with Crippen molar-refractivity contribution in [2.45, 2.75) is 38.5 Å². The van der Waals surface area contributed by atoms with Gasteiger partial charge in [0, 0.05) is 11.6 Å². The Morgan fingerprint density at radius 1 is 1.42 bits per heavy atom. The van der Waals surface area contributed by atoms with Gasteiger partial charge in [0.2, 0.25) is 0 Å². The summed E-state index contributed by atoms with van der Waals surface area (Å²) in [6, 6.07) is 1.43. The SMILES string of the molecule is CC1C=CC=C(n2nc(C3CCC3)c3c(Cl)cc(C(=O)O)nc32)C1. The summed E-state index contributed by atoms with van der Waals surface area (Å²) >= 11 is 6.43. The number of fused-ring (bicyclic) bond motifs is 1. The second kappa shape index (κ2) is 5.74. The van der Waals surface area contributed by atoms with Gasteiger partial charge in [-0.3, -0.25) is 0 Å². The van der Waals surface area contributed by atoms with Gasteiger partial charge in [-0.2, -0.15) is 5.10 Å². The van der Waals surface area contributed by atoms with E-state index in [1.165, 1.54) is 12.5 Å². The molecule has 124 valence electrons. The fourth-order valence-electron chi connectivity index (χ4n) is 3.35. The molecular weight excluding hydrogens is 326 g/mol. The number of carboxylic acid groups (broad SMARTS) is 1. The predicted octanol–water partition coefficient (Wildman–Crippen LogP) is 4.49. The number of hydrogen-bond donors (Lipinski definition) is 1. The van der Waals surface area contributed by atoms with E-state index in [4.69, 9.17) is 16.7 Å². The lowest BCUT2D eigenvalue weighted by molar-refractivity contribution is 0.0691. The van der Waals surface area contributed by atoms with Crippen LogP contribution in [0, 0.1) is 5.92 Å². The first-order valence-electron chi connectivity index (χ1n) is 8.25. The standard InChI is InChI=1S/C18H18ClN3O2/c1-10-4-2-7-12(8-10)22-17-15(16(21-22)11-5-3-6-11)13(19)9-14(20-17)18(23)24/h2,4,7,9-11H,3,5-6,8H2,1H3,(H,23,24). The van der Waals surface area contributed by atoms with E-state index in [0.29, 0.717) is 22.5 Å². The molecule has 0 radical (unpaired) electrons. The topological polar surface area (TPSA) is 68.0 Å². The van der Waals surface area contributed by atoms with Gasteiger partial charge in [-0.15, -0.1) is 0 Å². The lowest BCUT2D eigenvalue weighted by Crippen LogP contribution is -2.11. The second-order valence-corrected chi connectivity index (χ2v) is 7.05. The Balaban J connectivity index is 1.96. The molecule has 0 spiro atoms. The van der Waals surface area contributed by atoms with Crippen LogP contribution in [-0.4, -0.2) is 25.8 Å². The number of pyridine rings is 1. The molecule has 0 aliphatic heterocycles. The van der Waals surface area contributed by atoms with Crippen LogP contribution >= 0.6 is 11.6 Å². The molecule has 2 aromatic rings. The highest BCUT2D eigenvalue weighted by molar-refractivity contribution is 6.35. The fourth-order valence-corrected chi connectivity index (χ4v) is 3.64. The lowest BCUT2D eigenvalue weighted by Gasteiger charge is -2.23. The van der Waals surface area contributed by atoms with Gasteiger partial charge in [0.05, 0.1) is 16.1 Å². The lowest BCUT2D eigenvalue weighted by atomic mass is 9.82. The van der Waals surface area contributed by atoms with Crippen molar-refractivity contribution in [1.82, 2.24) is 14.8 Å². The minimum absolute atomic E-state index is 0.0474. The molecule has 1 N–H and O–H groups in total. The van der Waals surface area contributed by atoms with E-state index >= 15 is 0 Å². The number of allylic oxidation sites excluding steroid dienone is 4. The summed E-state index contributed by atoms with van der Waals surface area (Å²) in [4.78, 5) is 15.7. The number of rotatable bonds is 3. The van der Waals surface area contributed by atoms with Gasteiger partial charge >= 0.3 is 5.97 Å². The van der Waals surface area contributed by atoms with Crippen LogP contribution in [0.1, 0.15) is 54.7 Å². The molecule has 24 heavy (non-hydrogen) atoms. The zero-order valence-electron chi connectivity index (χ0n) is 13.4. The Morgan fingerprint density at radius 3 is 2.83 bits per heavy atom. The van der Waals surface area contributed by atoms with Crippen molar-refractivity contribution in [2.75, 3.05) is 0 Å². The Hall–Kier alpha value is -2.14. The maximum absolute atomic E-state index is 11.4. The molecule has 1 saturated carbocycles. The molecule has 2 heterocycles. The van der Waals surface area contributed by atoms with E-state index in [-0.39, 0.29) is 5.69 Å². The average molecular weight is 344 g/mol. The third kappa shape index (κ3) is 2.44. The number of carboxylic acids is 1. The van der Waals surface area contributed by atoms with Crippen molar-refractivity contribution in [1.29, 1.82) is 0 Å². The predicted molar refractivity (Wildman–Crippen MR) is 93.3 cm³/mol. The first-order chi connectivity index (χ1) is 11.5. The second-order valence-electron chi connectivity index (χ2n) is 6.64. The highest BCUT2D eigenvalue weighted by atomic mass is 35.5. The van der Waals surface area contributed by atoms with Crippen molar-refractivity contribution in [3.05, 3.63) is 40.7 Å². The molecule has 5 nitrogen and oxygen atoms in total. The zero-order valence-corrected chi connectivity index (χ0v) is 14.1. The van der Waals surface area contributed by atoms with Gasteiger partial charge in [0.25, 0.3) is 0 Å². The first-order valence-corrected chi connectivity index (χ1v) is 8.62. The number of aromatic nitrogens is 3. The van der Waals surface area contributed by atoms with Gasteiger partial charge in [0.15, 0.2) is 11.3 Å². The van der Waals surface area contributed by atoms with Gasteiger partial charge in [0.1, 0.15) is 0 Å². The third-order valence-electron chi connectivity index (χ3n) is 4.86. The molecule has 0 aromatic carbocycles. The van der Waals surface area contributed by atoms with E-state index < -0.39 is 5.97 Å². The van der Waals surface area contributed by atoms with Gasteiger partial charge in [-0.05, 0) is 37.3 Å². The average Bonchev–Trinajstić information content (AvgIpc) is 2.85. The molecule has 0 saturated heterocycles. The molecule has 1 atom stereocenters. The van der Waals surface area contributed by atoms with Crippen LogP contribution in [0.25, 0.3) is 16.7 Å². The maximum Gasteiger partial charge on any atom is 0.354 e.